The van der Waals surface area contributed by atoms with E-state index in [0.717, 1.165) is 32.9 Å². The number of aryl methyl sites for hydroxylation is 1. The van der Waals surface area contributed by atoms with Gasteiger partial charge in [0.2, 0.25) is 5.89 Å². The summed E-state index contributed by atoms with van der Waals surface area (Å²) in [5, 5.41) is 12.1. The van der Waals surface area contributed by atoms with Gasteiger partial charge in [-0.25, -0.2) is 12.4 Å². The van der Waals surface area contributed by atoms with Gasteiger partial charge < -0.3 is 9.73 Å². The van der Waals surface area contributed by atoms with E-state index in [-0.39, 0.29) is 4.90 Å². The zero-order chi connectivity index (χ0) is 20.2. The van der Waals surface area contributed by atoms with Crippen LogP contribution >= 0.6 is 22.6 Å². The van der Waals surface area contributed by atoms with Crippen molar-refractivity contribution in [3.05, 3.63) is 57.8 Å². The molecule has 0 spiro atoms. The number of nitrogens with zero attached hydrogens (tertiary/aromatic N) is 3. The van der Waals surface area contributed by atoms with Crippen molar-refractivity contribution in [2.45, 2.75) is 30.7 Å². The van der Waals surface area contributed by atoms with E-state index >= 15 is 0 Å². The molecule has 0 bridgehead atoms. The number of anilines is 1. The van der Waals surface area contributed by atoms with Gasteiger partial charge in [-0.15, -0.1) is 5.10 Å². The fraction of sp³-hybridized carbons (Fsp3) is 0.200. The topological polar surface area (TPSA) is 90.0 Å². The Hall–Kier alpha value is -2.40. The summed E-state index contributed by atoms with van der Waals surface area (Å²) in [4.78, 5) is 0.258. The van der Waals surface area contributed by atoms with Gasteiger partial charge in [0, 0.05) is 26.8 Å². The van der Waals surface area contributed by atoms with E-state index in [4.69, 9.17) is 4.42 Å². The van der Waals surface area contributed by atoms with E-state index in [1.807, 2.05) is 13.0 Å². The van der Waals surface area contributed by atoms with Gasteiger partial charge in [0.15, 0.2) is 0 Å². The molecule has 148 valence electrons. The van der Waals surface area contributed by atoms with E-state index in [1.54, 1.807) is 42.6 Å². The van der Waals surface area contributed by atoms with Gasteiger partial charge in [-0.3, -0.25) is 0 Å². The summed E-state index contributed by atoms with van der Waals surface area (Å²) in [6.07, 6.45) is 3.87. The van der Waals surface area contributed by atoms with E-state index in [1.165, 1.54) is 3.97 Å². The van der Waals surface area contributed by atoms with Gasteiger partial charge in [0.1, 0.15) is 0 Å². The van der Waals surface area contributed by atoms with Gasteiger partial charge >= 0.3 is 6.01 Å². The van der Waals surface area contributed by atoms with Gasteiger partial charge in [-0.1, -0.05) is 22.8 Å². The normalized spacial score (nSPS) is 14.4. The lowest BCUT2D eigenvalue weighted by Gasteiger charge is -2.08. The Morgan fingerprint density at radius 2 is 1.90 bits per heavy atom. The first-order valence-corrected chi connectivity index (χ1v) is 11.7. The van der Waals surface area contributed by atoms with E-state index < -0.39 is 10.0 Å². The van der Waals surface area contributed by atoms with Crippen molar-refractivity contribution in [3.8, 4) is 11.5 Å². The highest BCUT2D eigenvalue weighted by Crippen LogP contribution is 2.32. The largest absolute Gasteiger partial charge is 0.403 e. The van der Waals surface area contributed by atoms with Crippen LogP contribution in [0, 0.1) is 10.5 Å². The van der Waals surface area contributed by atoms with Crippen molar-refractivity contribution in [2.24, 2.45) is 0 Å². The summed E-state index contributed by atoms with van der Waals surface area (Å²) in [5.74, 6) is 0.403. The lowest BCUT2D eigenvalue weighted by molar-refractivity contribution is 0.580. The first kappa shape index (κ1) is 18.6. The number of halogens is 1. The molecule has 5 rings (SSSR count). The quantitative estimate of drug-likeness (QED) is 0.392. The highest BCUT2D eigenvalue weighted by Gasteiger charge is 2.24. The summed E-state index contributed by atoms with van der Waals surface area (Å²) >= 11 is 2.14. The molecule has 1 saturated carbocycles. The van der Waals surface area contributed by atoms with Crippen molar-refractivity contribution in [1.82, 2.24) is 14.2 Å². The van der Waals surface area contributed by atoms with E-state index in [0.29, 0.717) is 23.5 Å². The molecule has 7 nitrogen and oxygen atoms in total. The van der Waals surface area contributed by atoms with Gasteiger partial charge in [-0.2, -0.15) is 0 Å². The molecule has 0 unspecified atom stereocenters. The van der Waals surface area contributed by atoms with Crippen molar-refractivity contribution in [1.29, 1.82) is 0 Å². The lowest BCUT2D eigenvalue weighted by atomic mass is 10.1. The highest BCUT2D eigenvalue weighted by molar-refractivity contribution is 14.1. The molecule has 29 heavy (non-hydrogen) atoms. The molecule has 2 heterocycles. The van der Waals surface area contributed by atoms with Crippen LogP contribution in [0.1, 0.15) is 18.4 Å². The van der Waals surface area contributed by atoms with Gasteiger partial charge in [0.25, 0.3) is 10.0 Å². The molecule has 4 aromatic rings. The average Bonchev–Trinajstić information content (AvgIpc) is 3.28. The maximum Gasteiger partial charge on any atom is 0.315 e. The molecule has 0 aliphatic heterocycles. The number of aromatic nitrogens is 3. The number of nitrogens with one attached hydrogen (secondary N) is 1. The van der Waals surface area contributed by atoms with Crippen molar-refractivity contribution in [3.63, 3.8) is 0 Å². The molecule has 0 saturated heterocycles. The number of hydrogen-bond donors (Lipinski definition) is 1. The maximum absolute atomic E-state index is 13.1. The molecule has 0 radical (unpaired) electrons. The van der Waals surface area contributed by atoms with Crippen LogP contribution in [0.25, 0.3) is 22.4 Å². The second-order valence-corrected chi connectivity index (χ2v) is 10.1. The smallest absolute Gasteiger partial charge is 0.315 e. The number of benzene rings is 2. The Bertz CT molecular complexity index is 1320. The predicted molar refractivity (Wildman–Crippen MR) is 118 cm³/mol. The SMILES string of the molecule is Cc1ccc(S(=O)(=O)n2cc(I)c3cc(-c4nnc(NC5CC5)o4)ccc32)cc1. The monoisotopic (exact) mass is 520 g/mol. The van der Waals surface area contributed by atoms with Crippen LogP contribution in [0.2, 0.25) is 0 Å². The van der Waals surface area contributed by atoms with E-state index in [9.17, 15) is 8.42 Å². The van der Waals surface area contributed by atoms with Crippen LogP contribution in [0.15, 0.2) is 58.0 Å². The lowest BCUT2D eigenvalue weighted by Crippen LogP contribution is -2.11. The Balaban J connectivity index is 1.55. The van der Waals surface area contributed by atoms with Crippen molar-refractivity contribution in [2.75, 3.05) is 5.32 Å². The zero-order valence-electron chi connectivity index (χ0n) is 15.5. The van der Waals surface area contributed by atoms with Crippen molar-refractivity contribution < 1.29 is 12.8 Å². The number of rotatable bonds is 5. The van der Waals surface area contributed by atoms with Crippen LogP contribution in [-0.2, 0) is 10.0 Å². The second-order valence-electron chi connectivity index (χ2n) is 7.15. The highest BCUT2D eigenvalue weighted by atomic mass is 127. The first-order valence-electron chi connectivity index (χ1n) is 9.15. The Morgan fingerprint density at radius 1 is 1.14 bits per heavy atom. The standard InChI is InChI=1S/C20H17IN4O3S/c1-12-2-7-15(8-3-12)29(26,27)25-11-17(21)16-10-13(4-9-18(16)25)19-23-24-20(28-19)22-14-5-6-14/h2-4,7-11,14H,5-6H2,1H3,(H,22,24). The minimum absolute atomic E-state index is 0.258. The van der Waals surface area contributed by atoms with Crippen LogP contribution in [0.3, 0.4) is 0 Å². The third-order valence-corrected chi connectivity index (χ3v) is 7.42. The van der Waals surface area contributed by atoms with Gasteiger partial charge in [0.05, 0.1) is 10.4 Å². The molecule has 1 fully saturated rings. The summed E-state index contributed by atoms with van der Waals surface area (Å²) in [7, 11) is -3.69. The molecule has 1 aliphatic carbocycles. The Kier molecular flexibility index (Phi) is 4.39. The summed E-state index contributed by atoms with van der Waals surface area (Å²) in [6, 6.07) is 13.1. The third kappa shape index (κ3) is 3.42. The number of fused-ring (bicyclic) bond motifs is 1. The summed E-state index contributed by atoms with van der Waals surface area (Å²) < 4.78 is 34.2. The van der Waals surface area contributed by atoms with Crippen LogP contribution < -0.4 is 5.32 Å². The molecule has 0 amide bonds. The van der Waals surface area contributed by atoms with Crippen LogP contribution in [0.5, 0.6) is 0 Å². The minimum Gasteiger partial charge on any atom is -0.403 e. The van der Waals surface area contributed by atoms with Crippen LogP contribution in [-0.4, -0.2) is 28.6 Å². The first-order chi connectivity index (χ1) is 13.9. The summed E-state index contributed by atoms with van der Waals surface area (Å²) in [5.41, 5.74) is 2.36. The van der Waals surface area contributed by atoms with Gasteiger partial charge in [-0.05, 0) is 72.7 Å². The van der Waals surface area contributed by atoms with E-state index in [2.05, 4.69) is 38.1 Å². The third-order valence-electron chi connectivity index (χ3n) is 4.88. The Labute approximate surface area is 181 Å². The van der Waals surface area contributed by atoms with Crippen molar-refractivity contribution >= 4 is 49.5 Å². The predicted octanol–water partition coefficient (Wildman–Crippen LogP) is 4.42. The maximum atomic E-state index is 13.1. The molecule has 2 aromatic heterocycles. The zero-order valence-corrected chi connectivity index (χ0v) is 18.4. The number of hydrogen-bond acceptors (Lipinski definition) is 6. The summed E-state index contributed by atoms with van der Waals surface area (Å²) in [6.45, 7) is 1.93. The average molecular weight is 520 g/mol. The van der Waals surface area contributed by atoms with Crippen LogP contribution in [0.4, 0.5) is 6.01 Å². The molecular formula is C20H17IN4O3S. The fourth-order valence-electron chi connectivity index (χ4n) is 3.12. The molecular weight excluding hydrogens is 503 g/mol. The molecule has 0 atom stereocenters. The molecule has 1 aliphatic rings. The molecule has 1 N–H and O–H groups in total. The molecule has 2 aromatic carbocycles. The fourth-order valence-corrected chi connectivity index (χ4v) is 5.39. The second kappa shape index (κ2) is 6.84. The molecule has 9 heteroatoms. The Morgan fingerprint density at radius 3 is 2.62 bits per heavy atom. The minimum atomic E-state index is -3.69.